The molecule has 3 aliphatic heterocycles. The number of carbonyl (C=O) groups is 2. The SMILES string of the molecule is COCCN1CC[C@@H](N2CCCN(C(=O)c3ccc4c(c3)OCO4)CC2)C1=O. The predicted molar refractivity (Wildman–Crippen MR) is 102 cm³/mol. The van der Waals surface area contributed by atoms with Gasteiger partial charge in [-0.05, 0) is 31.0 Å². The lowest BCUT2D eigenvalue weighted by Gasteiger charge is -2.26. The molecule has 152 valence electrons. The van der Waals surface area contributed by atoms with Gasteiger partial charge in [0.25, 0.3) is 5.91 Å². The molecule has 0 N–H and O–H groups in total. The van der Waals surface area contributed by atoms with E-state index in [0.29, 0.717) is 49.8 Å². The lowest BCUT2D eigenvalue weighted by atomic mass is 10.1. The molecule has 0 bridgehead atoms. The summed E-state index contributed by atoms with van der Waals surface area (Å²) >= 11 is 0. The average Bonchev–Trinajstić information content (AvgIpc) is 3.24. The predicted octanol–water partition coefficient (Wildman–Crippen LogP) is 0.811. The summed E-state index contributed by atoms with van der Waals surface area (Å²) in [5, 5.41) is 0. The molecule has 2 saturated heterocycles. The number of carbonyl (C=O) groups excluding carboxylic acids is 2. The third kappa shape index (κ3) is 3.79. The summed E-state index contributed by atoms with van der Waals surface area (Å²) in [6, 6.07) is 5.25. The second kappa shape index (κ2) is 8.36. The number of benzene rings is 1. The van der Waals surface area contributed by atoms with E-state index in [1.807, 2.05) is 9.80 Å². The number of nitrogens with zero attached hydrogens (tertiary/aromatic N) is 3. The van der Waals surface area contributed by atoms with Gasteiger partial charge in [-0.15, -0.1) is 0 Å². The summed E-state index contributed by atoms with van der Waals surface area (Å²) in [5.41, 5.74) is 0.611. The molecule has 0 radical (unpaired) electrons. The number of hydrogen-bond donors (Lipinski definition) is 0. The first kappa shape index (κ1) is 19.0. The molecule has 1 atom stereocenters. The van der Waals surface area contributed by atoms with Crippen LogP contribution in [0.1, 0.15) is 23.2 Å². The van der Waals surface area contributed by atoms with Crippen molar-refractivity contribution in [3.8, 4) is 11.5 Å². The third-order valence-electron chi connectivity index (χ3n) is 5.71. The normalized spacial score (nSPS) is 22.6. The summed E-state index contributed by atoms with van der Waals surface area (Å²) in [4.78, 5) is 31.6. The quantitative estimate of drug-likeness (QED) is 0.742. The van der Waals surface area contributed by atoms with Crippen LogP contribution in [0.4, 0.5) is 0 Å². The van der Waals surface area contributed by atoms with Gasteiger partial charge in [0.1, 0.15) is 0 Å². The Morgan fingerprint density at radius 1 is 1.14 bits per heavy atom. The summed E-state index contributed by atoms with van der Waals surface area (Å²) in [6.07, 6.45) is 1.71. The van der Waals surface area contributed by atoms with Crippen LogP contribution in [-0.4, -0.2) is 92.3 Å². The molecule has 2 amide bonds. The molecule has 0 unspecified atom stereocenters. The molecule has 1 aromatic rings. The molecule has 28 heavy (non-hydrogen) atoms. The fourth-order valence-electron chi connectivity index (χ4n) is 4.15. The van der Waals surface area contributed by atoms with Gasteiger partial charge >= 0.3 is 0 Å². The standard InChI is InChI=1S/C20H27N3O5/c1-26-12-11-23-8-5-16(20(23)25)21-6-2-7-22(10-9-21)19(24)15-3-4-17-18(13-15)28-14-27-17/h3-4,13,16H,2,5-12,14H2,1H3/t16-/m1/s1. The lowest BCUT2D eigenvalue weighted by molar-refractivity contribution is -0.132. The number of rotatable bonds is 5. The van der Waals surface area contributed by atoms with Gasteiger partial charge in [-0.1, -0.05) is 0 Å². The molecule has 0 aliphatic carbocycles. The Kier molecular flexibility index (Phi) is 5.68. The minimum atomic E-state index is -0.0718. The van der Waals surface area contributed by atoms with E-state index in [0.717, 1.165) is 25.9 Å². The minimum Gasteiger partial charge on any atom is -0.454 e. The molecule has 0 aromatic heterocycles. The van der Waals surface area contributed by atoms with Crippen molar-refractivity contribution in [2.75, 3.05) is 59.8 Å². The molecule has 8 nitrogen and oxygen atoms in total. The van der Waals surface area contributed by atoms with Crippen LogP contribution >= 0.6 is 0 Å². The van der Waals surface area contributed by atoms with Crippen molar-refractivity contribution >= 4 is 11.8 Å². The number of ether oxygens (including phenoxy) is 3. The fourth-order valence-corrected chi connectivity index (χ4v) is 4.15. The van der Waals surface area contributed by atoms with E-state index in [1.165, 1.54) is 0 Å². The van der Waals surface area contributed by atoms with Crippen molar-refractivity contribution in [1.82, 2.24) is 14.7 Å². The highest BCUT2D eigenvalue weighted by Gasteiger charge is 2.36. The number of likely N-dealkylation sites (tertiary alicyclic amines) is 1. The second-order valence-corrected chi connectivity index (χ2v) is 7.37. The van der Waals surface area contributed by atoms with Crippen molar-refractivity contribution in [3.63, 3.8) is 0 Å². The number of fused-ring (bicyclic) bond motifs is 1. The van der Waals surface area contributed by atoms with Crippen molar-refractivity contribution < 1.29 is 23.8 Å². The molecular formula is C20H27N3O5. The Balaban J connectivity index is 1.36. The van der Waals surface area contributed by atoms with E-state index >= 15 is 0 Å². The lowest BCUT2D eigenvalue weighted by Crippen LogP contribution is -2.44. The highest BCUT2D eigenvalue weighted by molar-refractivity contribution is 5.95. The maximum Gasteiger partial charge on any atom is 0.254 e. The second-order valence-electron chi connectivity index (χ2n) is 7.37. The summed E-state index contributed by atoms with van der Waals surface area (Å²) < 4.78 is 15.8. The molecule has 8 heteroatoms. The van der Waals surface area contributed by atoms with Crippen LogP contribution in [0.25, 0.3) is 0 Å². The fraction of sp³-hybridized carbons (Fsp3) is 0.600. The first-order valence-corrected chi connectivity index (χ1v) is 9.88. The van der Waals surface area contributed by atoms with Crippen LogP contribution in [0.2, 0.25) is 0 Å². The van der Waals surface area contributed by atoms with E-state index in [1.54, 1.807) is 25.3 Å². The highest BCUT2D eigenvalue weighted by Crippen LogP contribution is 2.33. The Bertz CT molecular complexity index is 741. The maximum absolute atomic E-state index is 12.9. The Morgan fingerprint density at radius 3 is 2.86 bits per heavy atom. The van der Waals surface area contributed by atoms with Gasteiger partial charge in [0.2, 0.25) is 12.7 Å². The van der Waals surface area contributed by atoms with Gasteiger partial charge in [0.15, 0.2) is 11.5 Å². The highest BCUT2D eigenvalue weighted by atomic mass is 16.7. The zero-order chi connectivity index (χ0) is 19.5. The minimum absolute atomic E-state index is 0.000352. The molecule has 2 fully saturated rings. The van der Waals surface area contributed by atoms with Crippen LogP contribution in [0.5, 0.6) is 11.5 Å². The number of amides is 2. The van der Waals surface area contributed by atoms with E-state index in [4.69, 9.17) is 14.2 Å². The van der Waals surface area contributed by atoms with Crippen molar-refractivity contribution in [2.45, 2.75) is 18.9 Å². The first-order chi connectivity index (χ1) is 13.7. The molecule has 3 aliphatic rings. The van der Waals surface area contributed by atoms with E-state index in [-0.39, 0.29) is 24.6 Å². The number of methoxy groups -OCH3 is 1. The molecule has 0 spiro atoms. The first-order valence-electron chi connectivity index (χ1n) is 9.88. The van der Waals surface area contributed by atoms with Gasteiger partial charge in [0.05, 0.1) is 12.6 Å². The Morgan fingerprint density at radius 2 is 2.00 bits per heavy atom. The third-order valence-corrected chi connectivity index (χ3v) is 5.71. The number of hydrogen-bond acceptors (Lipinski definition) is 6. The van der Waals surface area contributed by atoms with E-state index in [2.05, 4.69) is 4.90 Å². The molecular weight excluding hydrogens is 362 g/mol. The van der Waals surface area contributed by atoms with Crippen LogP contribution in [0.15, 0.2) is 18.2 Å². The van der Waals surface area contributed by atoms with Crippen molar-refractivity contribution in [3.05, 3.63) is 23.8 Å². The maximum atomic E-state index is 12.9. The van der Waals surface area contributed by atoms with Crippen molar-refractivity contribution in [1.29, 1.82) is 0 Å². The Hall–Kier alpha value is -2.32. The van der Waals surface area contributed by atoms with E-state index < -0.39 is 0 Å². The molecule has 1 aromatic carbocycles. The Labute approximate surface area is 164 Å². The van der Waals surface area contributed by atoms with Crippen LogP contribution in [-0.2, 0) is 9.53 Å². The zero-order valence-electron chi connectivity index (χ0n) is 16.3. The monoisotopic (exact) mass is 389 g/mol. The average molecular weight is 389 g/mol. The van der Waals surface area contributed by atoms with Crippen LogP contribution < -0.4 is 9.47 Å². The van der Waals surface area contributed by atoms with Gasteiger partial charge in [-0.2, -0.15) is 0 Å². The smallest absolute Gasteiger partial charge is 0.254 e. The van der Waals surface area contributed by atoms with Gasteiger partial charge in [-0.3, -0.25) is 14.5 Å². The van der Waals surface area contributed by atoms with Gasteiger partial charge < -0.3 is 24.0 Å². The van der Waals surface area contributed by atoms with Crippen LogP contribution in [0.3, 0.4) is 0 Å². The van der Waals surface area contributed by atoms with Crippen LogP contribution in [0, 0.1) is 0 Å². The van der Waals surface area contributed by atoms with Crippen molar-refractivity contribution in [2.24, 2.45) is 0 Å². The summed E-state index contributed by atoms with van der Waals surface area (Å²) in [6.45, 7) is 5.05. The largest absolute Gasteiger partial charge is 0.454 e. The topological polar surface area (TPSA) is 71.6 Å². The van der Waals surface area contributed by atoms with Gasteiger partial charge in [-0.25, -0.2) is 0 Å². The molecule has 3 heterocycles. The molecule has 4 rings (SSSR count). The van der Waals surface area contributed by atoms with E-state index in [9.17, 15) is 9.59 Å². The summed E-state index contributed by atoms with van der Waals surface area (Å²) in [5.74, 6) is 1.48. The zero-order valence-corrected chi connectivity index (χ0v) is 16.3. The van der Waals surface area contributed by atoms with Gasteiger partial charge in [0, 0.05) is 51.9 Å². The molecule has 0 saturated carbocycles. The summed E-state index contributed by atoms with van der Waals surface area (Å²) in [7, 11) is 1.65.